The van der Waals surface area contributed by atoms with Crippen LogP contribution in [0.25, 0.3) is 0 Å². The topological polar surface area (TPSA) is 102 Å². The van der Waals surface area contributed by atoms with E-state index in [1.807, 2.05) is 5.32 Å². The maximum atomic E-state index is 13.8. The third-order valence-electron chi connectivity index (χ3n) is 5.10. The van der Waals surface area contributed by atoms with Gasteiger partial charge in [0.2, 0.25) is 0 Å². The minimum Gasteiger partial charge on any atom is -0.455 e. The maximum Gasteiger partial charge on any atom is 0.326 e. The van der Waals surface area contributed by atoms with Gasteiger partial charge in [0.05, 0.1) is 9.92 Å². The van der Waals surface area contributed by atoms with Crippen molar-refractivity contribution in [3.05, 3.63) is 81.4 Å². The molecule has 0 fully saturated rings. The van der Waals surface area contributed by atoms with Gasteiger partial charge in [-0.2, -0.15) is 0 Å². The van der Waals surface area contributed by atoms with Crippen molar-refractivity contribution < 1.29 is 31.5 Å². The largest absolute Gasteiger partial charge is 0.455 e. The molecule has 0 spiro atoms. The summed E-state index contributed by atoms with van der Waals surface area (Å²) in [5.41, 5.74) is 0.853. The SMILES string of the molecule is Cc1cc(S(C)(=O)=O)ccc1Oc1c(C)cc(NC(=O)NC(=O)c2c(F)cccc2F)c(C)c1Cl. The van der Waals surface area contributed by atoms with Crippen LogP contribution >= 0.6 is 11.6 Å². The van der Waals surface area contributed by atoms with Gasteiger partial charge >= 0.3 is 6.03 Å². The molecule has 0 radical (unpaired) electrons. The van der Waals surface area contributed by atoms with Gasteiger partial charge in [-0.3, -0.25) is 10.1 Å². The lowest BCUT2D eigenvalue weighted by atomic mass is 10.1. The molecule has 0 aliphatic carbocycles. The van der Waals surface area contributed by atoms with Crippen LogP contribution in [-0.2, 0) is 9.84 Å². The van der Waals surface area contributed by atoms with Gasteiger partial charge in [0, 0.05) is 11.9 Å². The summed E-state index contributed by atoms with van der Waals surface area (Å²) in [6.45, 7) is 4.96. The van der Waals surface area contributed by atoms with Gasteiger partial charge in [-0.15, -0.1) is 0 Å². The number of carbonyl (C=O) groups excluding carboxylic acids is 2. The number of carbonyl (C=O) groups is 2. The molecule has 2 N–H and O–H groups in total. The van der Waals surface area contributed by atoms with Crippen molar-refractivity contribution in [3.63, 3.8) is 0 Å². The summed E-state index contributed by atoms with van der Waals surface area (Å²) in [5, 5.41) is 4.48. The molecule has 3 rings (SSSR count). The van der Waals surface area contributed by atoms with Gasteiger partial charge < -0.3 is 10.1 Å². The van der Waals surface area contributed by atoms with Gasteiger partial charge in [-0.05, 0) is 73.9 Å². The van der Waals surface area contributed by atoms with Crippen LogP contribution < -0.4 is 15.4 Å². The van der Waals surface area contributed by atoms with Gasteiger partial charge in [-0.25, -0.2) is 22.0 Å². The lowest BCUT2D eigenvalue weighted by molar-refractivity contribution is 0.0959. The van der Waals surface area contributed by atoms with E-state index in [-0.39, 0.29) is 21.4 Å². The second-order valence-corrected chi connectivity index (χ2v) is 10.2. The van der Waals surface area contributed by atoms with E-state index in [2.05, 4.69) is 5.32 Å². The molecule has 0 atom stereocenters. The van der Waals surface area contributed by atoms with Crippen LogP contribution in [0.5, 0.6) is 11.5 Å². The van der Waals surface area contributed by atoms with E-state index >= 15 is 0 Å². The number of hydrogen-bond donors (Lipinski definition) is 2. The summed E-state index contributed by atoms with van der Waals surface area (Å²) in [7, 11) is -3.38. The van der Waals surface area contributed by atoms with E-state index in [9.17, 15) is 26.8 Å². The molecular formula is C24H21ClF2N2O5S. The van der Waals surface area contributed by atoms with E-state index in [4.69, 9.17) is 16.3 Å². The first-order chi connectivity index (χ1) is 16.3. The number of nitrogens with one attached hydrogen (secondary N) is 2. The highest BCUT2D eigenvalue weighted by Gasteiger charge is 2.21. The molecule has 0 saturated carbocycles. The lowest BCUT2D eigenvalue weighted by Crippen LogP contribution is -2.35. The van der Waals surface area contributed by atoms with Crippen molar-refractivity contribution >= 4 is 39.1 Å². The summed E-state index contributed by atoms with van der Waals surface area (Å²) < 4.78 is 57.0. The Labute approximate surface area is 206 Å². The van der Waals surface area contributed by atoms with E-state index in [1.54, 1.807) is 26.8 Å². The fourth-order valence-corrected chi connectivity index (χ4v) is 4.21. The number of aryl methyl sites for hydroxylation is 2. The van der Waals surface area contributed by atoms with Gasteiger partial charge in [0.1, 0.15) is 28.7 Å². The molecule has 7 nitrogen and oxygen atoms in total. The Morgan fingerprint density at radius 1 is 0.971 bits per heavy atom. The maximum absolute atomic E-state index is 13.8. The van der Waals surface area contributed by atoms with Gasteiger partial charge in [0.25, 0.3) is 5.91 Å². The molecule has 3 aromatic rings. The zero-order valence-electron chi connectivity index (χ0n) is 19.1. The summed E-state index contributed by atoms with van der Waals surface area (Å²) in [6.07, 6.45) is 1.11. The average Bonchev–Trinajstić information content (AvgIpc) is 2.75. The highest BCUT2D eigenvalue weighted by Crippen LogP contribution is 2.40. The van der Waals surface area contributed by atoms with Gasteiger partial charge in [0.15, 0.2) is 9.84 Å². The minimum absolute atomic E-state index is 0.150. The summed E-state index contributed by atoms with van der Waals surface area (Å²) >= 11 is 6.48. The molecule has 3 aromatic carbocycles. The Morgan fingerprint density at radius 3 is 2.17 bits per heavy atom. The Balaban J connectivity index is 1.82. The lowest BCUT2D eigenvalue weighted by Gasteiger charge is -2.18. The van der Waals surface area contributed by atoms with E-state index < -0.39 is 39.0 Å². The van der Waals surface area contributed by atoms with Crippen LogP contribution in [0.1, 0.15) is 27.0 Å². The van der Waals surface area contributed by atoms with Crippen LogP contribution in [0.2, 0.25) is 5.02 Å². The Hall–Kier alpha value is -3.50. The summed E-state index contributed by atoms with van der Waals surface area (Å²) in [4.78, 5) is 24.6. The number of urea groups is 1. The van der Waals surface area contributed by atoms with Crippen molar-refractivity contribution in [1.29, 1.82) is 0 Å². The normalized spacial score (nSPS) is 11.2. The number of sulfone groups is 1. The predicted octanol–water partition coefficient (Wildman–Crippen LogP) is 5.70. The average molecular weight is 523 g/mol. The van der Waals surface area contributed by atoms with Crippen LogP contribution in [-0.4, -0.2) is 26.6 Å². The van der Waals surface area contributed by atoms with Gasteiger partial charge in [-0.1, -0.05) is 17.7 Å². The van der Waals surface area contributed by atoms with Crippen molar-refractivity contribution in [2.24, 2.45) is 0 Å². The third kappa shape index (κ3) is 5.77. The number of halogens is 3. The van der Waals surface area contributed by atoms with Crippen LogP contribution in [0, 0.1) is 32.4 Å². The Bertz CT molecular complexity index is 1440. The number of rotatable bonds is 5. The fraction of sp³-hybridized carbons (Fsp3) is 0.167. The monoisotopic (exact) mass is 522 g/mol. The predicted molar refractivity (Wildman–Crippen MR) is 128 cm³/mol. The highest BCUT2D eigenvalue weighted by atomic mass is 35.5. The molecule has 0 heterocycles. The number of hydrogen-bond acceptors (Lipinski definition) is 5. The molecule has 11 heteroatoms. The summed E-state index contributed by atoms with van der Waals surface area (Å²) in [6, 6.07) is 7.85. The highest BCUT2D eigenvalue weighted by molar-refractivity contribution is 7.90. The minimum atomic E-state index is -3.38. The first kappa shape index (κ1) is 26.1. The molecule has 0 unspecified atom stereocenters. The zero-order valence-corrected chi connectivity index (χ0v) is 20.7. The number of amides is 3. The van der Waals surface area contributed by atoms with E-state index in [0.29, 0.717) is 22.4 Å². The molecule has 3 amide bonds. The van der Waals surface area contributed by atoms with E-state index in [0.717, 1.165) is 24.5 Å². The van der Waals surface area contributed by atoms with Crippen molar-refractivity contribution in [2.45, 2.75) is 25.7 Å². The molecule has 0 aliphatic heterocycles. The Kier molecular flexibility index (Phi) is 7.47. The molecular weight excluding hydrogens is 502 g/mol. The zero-order chi connectivity index (χ0) is 26.1. The second kappa shape index (κ2) is 10.0. The number of imide groups is 1. The molecule has 0 bridgehead atoms. The molecule has 184 valence electrons. The van der Waals surface area contributed by atoms with Crippen molar-refractivity contribution in [2.75, 3.05) is 11.6 Å². The molecule has 0 saturated heterocycles. The Morgan fingerprint density at radius 2 is 1.60 bits per heavy atom. The molecule has 0 aliphatic rings. The van der Waals surface area contributed by atoms with E-state index in [1.165, 1.54) is 18.2 Å². The van der Waals surface area contributed by atoms with Crippen molar-refractivity contribution in [3.8, 4) is 11.5 Å². The number of anilines is 1. The molecule has 0 aromatic heterocycles. The smallest absolute Gasteiger partial charge is 0.326 e. The van der Waals surface area contributed by atoms with Crippen LogP contribution in [0.3, 0.4) is 0 Å². The quantitative estimate of drug-likeness (QED) is 0.447. The second-order valence-electron chi connectivity index (χ2n) is 7.82. The first-order valence-electron chi connectivity index (χ1n) is 10.1. The standard InChI is InChI=1S/C24H21ClF2N2O5S/c1-12-10-15(35(4,32)33)8-9-19(12)34-22-13(2)11-18(14(3)21(22)25)28-24(31)29-23(30)20-16(26)6-5-7-17(20)27/h5-11H,1-4H3,(H2,28,29,30,31). The third-order valence-corrected chi connectivity index (χ3v) is 6.67. The fourth-order valence-electron chi connectivity index (χ4n) is 3.22. The number of ether oxygens (including phenoxy) is 1. The first-order valence-corrected chi connectivity index (χ1v) is 12.4. The van der Waals surface area contributed by atoms with Crippen molar-refractivity contribution in [1.82, 2.24) is 5.32 Å². The number of benzene rings is 3. The van der Waals surface area contributed by atoms with Crippen LogP contribution in [0.4, 0.5) is 19.3 Å². The summed E-state index contributed by atoms with van der Waals surface area (Å²) in [5.74, 6) is -2.78. The molecule has 35 heavy (non-hydrogen) atoms. The van der Waals surface area contributed by atoms with Crippen LogP contribution in [0.15, 0.2) is 47.4 Å².